The van der Waals surface area contributed by atoms with E-state index in [9.17, 15) is 13.2 Å². The lowest BCUT2D eigenvalue weighted by molar-refractivity contribution is 0.0730. The fourth-order valence-electron chi connectivity index (χ4n) is 3.14. The van der Waals surface area contributed by atoms with E-state index in [0.29, 0.717) is 37.8 Å². The van der Waals surface area contributed by atoms with Crippen LogP contribution in [0.4, 0.5) is 10.5 Å². The van der Waals surface area contributed by atoms with Gasteiger partial charge in [-0.1, -0.05) is 12.1 Å². The lowest BCUT2D eigenvalue weighted by Gasteiger charge is -2.26. The van der Waals surface area contributed by atoms with E-state index in [1.54, 1.807) is 65.7 Å². The van der Waals surface area contributed by atoms with E-state index >= 15 is 0 Å². The van der Waals surface area contributed by atoms with Gasteiger partial charge in [-0.15, -0.1) is 0 Å². The molecule has 2 amide bonds. The highest BCUT2D eigenvalue weighted by molar-refractivity contribution is 7.89. The predicted octanol–water partition coefficient (Wildman–Crippen LogP) is 1.61. The van der Waals surface area contributed by atoms with Gasteiger partial charge in [0.1, 0.15) is 0 Å². The number of benzene rings is 1. The van der Waals surface area contributed by atoms with Crippen LogP contribution in [0, 0.1) is 0 Å². The summed E-state index contributed by atoms with van der Waals surface area (Å²) < 4.78 is 33.5. The number of morpholine rings is 1. The number of anilines is 1. The maximum atomic E-state index is 12.7. The zero-order valence-corrected chi connectivity index (χ0v) is 17.5. The Labute approximate surface area is 179 Å². The zero-order chi connectivity index (χ0) is 21.7. The molecule has 0 saturated carbocycles. The number of nitrogens with one attached hydrogen (secondary N) is 2. The van der Waals surface area contributed by atoms with E-state index in [-0.39, 0.29) is 11.4 Å². The number of urea groups is 1. The number of carbonyl (C=O) groups is 1. The Bertz CT molecular complexity index is 1130. The summed E-state index contributed by atoms with van der Waals surface area (Å²) in [5.41, 5.74) is 1.28. The molecule has 3 aromatic rings. The van der Waals surface area contributed by atoms with Crippen LogP contribution in [0.5, 0.6) is 0 Å². The van der Waals surface area contributed by atoms with Crippen molar-refractivity contribution in [3.63, 3.8) is 0 Å². The second-order valence-corrected chi connectivity index (χ2v) is 8.73. The van der Waals surface area contributed by atoms with Crippen LogP contribution in [0.15, 0.2) is 66.0 Å². The van der Waals surface area contributed by atoms with E-state index in [2.05, 4.69) is 20.7 Å². The number of amides is 2. The molecule has 2 aromatic heterocycles. The normalized spacial score (nSPS) is 14.8. The molecule has 3 heterocycles. The van der Waals surface area contributed by atoms with Gasteiger partial charge in [-0.3, -0.25) is 0 Å². The lowest BCUT2D eigenvalue weighted by Crippen LogP contribution is -2.40. The minimum absolute atomic E-state index is 0.224. The number of sulfonamides is 1. The summed E-state index contributed by atoms with van der Waals surface area (Å²) in [7, 11) is -3.54. The minimum atomic E-state index is -3.54. The van der Waals surface area contributed by atoms with Crippen LogP contribution < -0.4 is 10.6 Å². The van der Waals surface area contributed by atoms with E-state index in [4.69, 9.17) is 4.74 Å². The first-order valence-corrected chi connectivity index (χ1v) is 11.1. The third-order valence-electron chi connectivity index (χ3n) is 4.74. The van der Waals surface area contributed by atoms with Gasteiger partial charge in [-0.25, -0.2) is 22.9 Å². The zero-order valence-electron chi connectivity index (χ0n) is 16.6. The highest BCUT2D eigenvalue weighted by Gasteiger charge is 2.26. The van der Waals surface area contributed by atoms with Crippen molar-refractivity contribution in [3.8, 4) is 5.82 Å². The van der Waals surface area contributed by atoms with Gasteiger partial charge in [-0.05, 0) is 35.9 Å². The maximum Gasteiger partial charge on any atom is 0.319 e. The summed E-state index contributed by atoms with van der Waals surface area (Å²) >= 11 is 0. The topological polar surface area (TPSA) is 118 Å². The number of carbonyl (C=O) groups excluding carboxylic acids is 1. The number of ether oxygens (including phenoxy) is 1. The molecule has 1 aliphatic rings. The first-order valence-electron chi connectivity index (χ1n) is 9.71. The van der Waals surface area contributed by atoms with E-state index < -0.39 is 16.1 Å². The summed E-state index contributed by atoms with van der Waals surface area (Å²) in [4.78, 5) is 16.8. The molecular formula is C20H22N6O4S. The van der Waals surface area contributed by atoms with Gasteiger partial charge < -0.3 is 15.4 Å². The minimum Gasteiger partial charge on any atom is -0.379 e. The van der Waals surface area contributed by atoms with Crippen molar-refractivity contribution in [1.29, 1.82) is 0 Å². The van der Waals surface area contributed by atoms with Gasteiger partial charge in [-0.2, -0.15) is 9.40 Å². The summed E-state index contributed by atoms with van der Waals surface area (Å²) in [6, 6.07) is 11.3. The van der Waals surface area contributed by atoms with Crippen LogP contribution in [0.2, 0.25) is 0 Å². The van der Waals surface area contributed by atoms with Crippen molar-refractivity contribution >= 4 is 21.7 Å². The molecular weight excluding hydrogens is 420 g/mol. The molecule has 2 N–H and O–H groups in total. The largest absolute Gasteiger partial charge is 0.379 e. The molecule has 1 aliphatic heterocycles. The molecule has 0 radical (unpaired) electrons. The molecule has 1 aromatic carbocycles. The van der Waals surface area contributed by atoms with Crippen LogP contribution in [0.3, 0.4) is 0 Å². The van der Waals surface area contributed by atoms with E-state index in [1.807, 2.05) is 0 Å². The molecule has 0 aliphatic carbocycles. The quantitative estimate of drug-likeness (QED) is 0.599. The van der Waals surface area contributed by atoms with E-state index in [0.717, 1.165) is 5.56 Å². The van der Waals surface area contributed by atoms with Crippen molar-refractivity contribution < 1.29 is 17.9 Å². The Hall–Kier alpha value is -3.28. The third kappa shape index (κ3) is 4.90. The molecule has 1 saturated heterocycles. The van der Waals surface area contributed by atoms with Crippen LogP contribution in [-0.2, 0) is 21.3 Å². The van der Waals surface area contributed by atoms with Gasteiger partial charge in [0.15, 0.2) is 5.82 Å². The second-order valence-electron chi connectivity index (χ2n) is 6.79. The highest BCUT2D eigenvalue weighted by Crippen LogP contribution is 2.18. The second kappa shape index (κ2) is 9.25. The highest BCUT2D eigenvalue weighted by atomic mass is 32.2. The SMILES string of the molecule is O=C(NCc1ccc(S(=O)(=O)N2CCOCC2)cc1)Nc1cccnc1-n1cccn1. The predicted molar refractivity (Wildman–Crippen MR) is 113 cm³/mol. The van der Waals surface area contributed by atoms with Crippen molar-refractivity contribution in [2.24, 2.45) is 0 Å². The first kappa shape index (κ1) is 21.0. The summed E-state index contributed by atoms with van der Waals surface area (Å²) in [5, 5.41) is 9.65. The Morgan fingerprint density at radius 1 is 1.06 bits per heavy atom. The number of aromatic nitrogens is 3. The standard InChI is InChI=1S/C20H22N6O4S/c27-20(24-18-3-1-8-21-19(18)26-10-2-9-23-26)22-15-16-4-6-17(7-5-16)31(28,29)25-11-13-30-14-12-25/h1-10H,11-15H2,(H2,22,24,27). The average Bonchev–Trinajstić information content (AvgIpc) is 3.34. The van der Waals surface area contributed by atoms with Crippen LogP contribution in [0.1, 0.15) is 5.56 Å². The Morgan fingerprint density at radius 3 is 2.55 bits per heavy atom. The number of pyridine rings is 1. The van der Waals surface area contributed by atoms with Crippen LogP contribution >= 0.6 is 0 Å². The molecule has 1 fully saturated rings. The van der Waals surface area contributed by atoms with Crippen LogP contribution in [-0.4, -0.2) is 59.8 Å². The summed E-state index contributed by atoms with van der Waals surface area (Å²) in [6.45, 7) is 1.73. The number of nitrogens with zero attached hydrogens (tertiary/aromatic N) is 4. The van der Waals surface area contributed by atoms with Gasteiger partial charge in [0.25, 0.3) is 0 Å². The van der Waals surface area contributed by atoms with Crippen LogP contribution in [0.25, 0.3) is 5.82 Å². The van der Waals surface area contributed by atoms with Crippen molar-refractivity contribution in [2.75, 3.05) is 31.6 Å². The number of hydrogen-bond donors (Lipinski definition) is 2. The summed E-state index contributed by atoms with van der Waals surface area (Å²) in [6.07, 6.45) is 4.98. The Kier molecular flexibility index (Phi) is 6.26. The monoisotopic (exact) mass is 442 g/mol. The fraction of sp³-hybridized carbons (Fsp3) is 0.250. The Balaban J connectivity index is 1.36. The number of rotatable bonds is 6. The maximum absolute atomic E-state index is 12.7. The van der Waals surface area contributed by atoms with Gasteiger partial charge in [0, 0.05) is 38.2 Å². The Morgan fingerprint density at radius 2 is 1.84 bits per heavy atom. The van der Waals surface area contributed by atoms with Gasteiger partial charge in [0.2, 0.25) is 10.0 Å². The molecule has 4 rings (SSSR count). The lowest BCUT2D eigenvalue weighted by atomic mass is 10.2. The molecule has 31 heavy (non-hydrogen) atoms. The smallest absolute Gasteiger partial charge is 0.319 e. The molecule has 0 bridgehead atoms. The summed E-state index contributed by atoms with van der Waals surface area (Å²) in [5.74, 6) is 0.500. The molecule has 162 valence electrons. The average molecular weight is 443 g/mol. The van der Waals surface area contributed by atoms with Crippen molar-refractivity contribution in [3.05, 3.63) is 66.6 Å². The van der Waals surface area contributed by atoms with Gasteiger partial charge in [0.05, 0.1) is 23.8 Å². The van der Waals surface area contributed by atoms with Crippen molar-refractivity contribution in [2.45, 2.75) is 11.4 Å². The first-order chi connectivity index (χ1) is 15.0. The molecule has 0 spiro atoms. The fourth-order valence-corrected chi connectivity index (χ4v) is 4.54. The van der Waals surface area contributed by atoms with Gasteiger partial charge >= 0.3 is 6.03 Å². The molecule has 11 heteroatoms. The third-order valence-corrected chi connectivity index (χ3v) is 6.65. The molecule has 0 unspecified atom stereocenters. The molecule has 0 atom stereocenters. The van der Waals surface area contributed by atoms with Crippen molar-refractivity contribution in [1.82, 2.24) is 24.4 Å². The molecule has 10 nitrogen and oxygen atoms in total. The van der Waals surface area contributed by atoms with E-state index in [1.165, 1.54) is 4.31 Å². The number of hydrogen-bond acceptors (Lipinski definition) is 6.